The van der Waals surface area contributed by atoms with Crippen LogP contribution in [-0.2, 0) is 16.1 Å². The topological polar surface area (TPSA) is 67.4 Å². The summed E-state index contributed by atoms with van der Waals surface area (Å²) in [5.74, 6) is 0.0401. The number of rotatable bonds is 4. The molecule has 0 aliphatic heterocycles. The van der Waals surface area contributed by atoms with Gasteiger partial charge in [-0.2, -0.15) is 11.3 Å². The van der Waals surface area contributed by atoms with E-state index in [-0.39, 0.29) is 17.9 Å². The molecule has 1 saturated carbocycles. The molecule has 1 aromatic rings. The zero-order valence-electron chi connectivity index (χ0n) is 13.3. The summed E-state index contributed by atoms with van der Waals surface area (Å²) in [6, 6.07) is 2.03. The van der Waals surface area contributed by atoms with Crippen LogP contribution in [0.3, 0.4) is 0 Å². The lowest BCUT2D eigenvalue weighted by Gasteiger charge is -2.21. The van der Waals surface area contributed by atoms with E-state index in [9.17, 15) is 9.59 Å². The predicted molar refractivity (Wildman–Crippen MR) is 86.7 cm³/mol. The fraction of sp³-hybridized carbons (Fsp3) is 0.625. The van der Waals surface area contributed by atoms with E-state index in [2.05, 4.69) is 10.6 Å². The standard InChI is InChI=1S/C16H24N2O3S/c1-16(2,3)21-15(20)18-13-5-4-12(8-13)14(19)17-9-11-6-7-22-10-11/h6-7,10,12-13H,4-5,8-9H2,1-3H3,(H,17,19)(H,18,20)/t12-,13+/m0/s1. The van der Waals surface area contributed by atoms with E-state index in [1.165, 1.54) is 0 Å². The van der Waals surface area contributed by atoms with Crippen molar-refractivity contribution in [1.29, 1.82) is 0 Å². The lowest BCUT2D eigenvalue weighted by atomic mass is 10.1. The Morgan fingerprint density at radius 1 is 1.36 bits per heavy atom. The summed E-state index contributed by atoms with van der Waals surface area (Å²) >= 11 is 1.62. The summed E-state index contributed by atoms with van der Waals surface area (Å²) in [4.78, 5) is 23.9. The Morgan fingerprint density at radius 2 is 2.14 bits per heavy atom. The molecule has 0 aromatic carbocycles. The van der Waals surface area contributed by atoms with E-state index in [4.69, 9.17) is 4.74 Å². The minimum absolute atomic E-state index is 0.0201. The van der Waals surface area contributed by atoms with Gasteiger partial charge in [-0.25, -0.2) is 4.79 Å². The quantitative estimate of drug-likeness (QED) is 0.894. The number of carbonyl (C=O) groups excluding carboxylic acids is 2. The van der Waals surface area contributed by atoms with Gasteiger partial charge in [0.1, 0.15) is 5.60 Å². The maximum atomic E-state index is 12.1. The fourth-order valence-electron chi connectivity index (χ4n) is 2.55. The summed E-state index contributed by atoms with van der Waals surface area (Å²) in [7, 11) is 0. The molecule has 1 fully saturated rings. The molecular formula is C16H24N2O3S. The number of hydrogen-bond acceptors (Lipinski definition) is 4. The minimum atomic E-state index is -0.500. The van der Waals surface area contributed by atoms with E-state index >= 15 is 0 Å². The van der Waals surface area contributed by atoms with Gasteiger partial charge in [0.2, 0.25) is 5.91 Å². The molecule has 0 radical (unpaired) electrons. The van der Waals surface area contributed by atoms with Gasteiger partial charge in [-0.15, -0.1) is 0 Å². The molecule has 0 unspecified atom stereocenters. The molecule has 0 bridgehead atoms. The minimum Gasteiger partial charge on any atom is -0.444 e. The molecule has 0 spiro atoms. The normalized spacial score (nSPS) is 21.4. The summed E-state index contributed by atoms with van der Waals surface area (Å²) in [5.41, 5.74) is 0.625. The van der Waals surface area contributed by atoms with Crippen LogP contribution in [-0.4, -0.2) is 23.6 Å². The molecule has 2 N–H and O–H groups in total. The highest BCUT2D eigenvalue weighted by atomic mass is 32.1. The van der Waals surface area contributed by atoms with Gasteiger partial charge in [0, 0.05) is 18.5 Å². The van der Waals surface area contributed by atoms with Crippen LogP contribution in [0.5, 0.6) is 0 Å². The summed E-state index contributed by atoms with van der Waals surface area (Å²) in [6.07, 6.45) is 1.89. The first kappa shape index (κ1) is 16.8. The molecule has 1 aromatic heterocycles. The van der Waals surface area contributed by atoms with E-state index in [0.29, 0.717) is 13.0 Å². The number of carbonyl (C=O) groups is 2. The van der Waals surface area contributed by atoms with E-state index in [0.717, 1.165) is 18.4 Å². The Labute approximate surface area is 135 Å². The number of ether oxygens (including phenoxy) is 1. The van der Waals surface area contributed by atoms with Crippen molar-refractivity contribution in [3.05, 3.63) is 22.4 Å². The second-order valence-corrected chi connectivity index (χ2v) is 7.48. The first-order valence-corrected chi connectivity index (χ1v) is 8.56. The van der Waals surface area contributed by atoms with Gasteiger partial charge in [-0.3, -0.25) is 4.79 Å². The van der Waals surface area contributed by atoms with E-state index in [1.807, 2.05) is 37.6 Å². The van der Waals surface area contributed by atoms with Crippen molar-refractivity contribution in [2.24, 2.45) is 5.92 Å². The number of amides is 2. The first-order chi connectivity index (χ1) is 10.3. The number of thiophene rings is 1. The van der Waals surface area contributed by atoms with Crippen LogP contribution in [0.2, 0.25) is 0 Å². The molecule has 1 aliphatic rings. The Kier molecular flexibility index (Phi) is 5.45. The lowest BCUT2D eigenvalue weighted by molar-refractivity contribution is -0.125. The van der Waals surface area contributed by atoms with Crippen molar-refractivity contribution in [2.45, 2.75) is 58.2 Å². The van der Waals surface area contributed by atoms with Crippen molar-refractivity contribution < 1.29 is 14.3 Å². The highest BCUT2D eigenvalue weighted by Gasteiger charge is 2.31. The van der Waals surface area contributed by atoms with Crippen molar-refractivity contribution >= 4 is 23.3 Å². The van der Waals surface area contributed by atoms with Gasteiger partial charge in [0.25, 0.3) is 0 Å². The van der Waals surface area contributed by atoms with Crippen molar-refractivity contribution in [3.8, 4) is 0 Å². The number of nitrogens with one attached hydrogen (secondary N) is 2. The molecule has 22 heavy (non-hydrogen) atoms. The van der Waals surface area contributed by atoms with Crippen LogP contribution in [0, 0.1) is 5.92 Å². The van der Waals surface area contributed by atoms with Gasteiger partial charge >= 0.3 is 6.09 Å². The van der Waals surface area contributed by atoms with Gasteiger partial charge in [-0.1, -0.05) is 0 Å². The van der Waals surface area contributed by atoms with Crippen LogP contribution in [0.1, 0.15) is 45.6 Å². The van der Waals surface area contributed by atoms with Gasteiger partial charge < -0.3 is 15.4 Å². The van der Waals surface area contributed by atoms with Crippen LogP contribution < -0.4 is 10.6 Å². The molecular weight excluding hydrogens is 300 g/mol. The Bertz CT molecular complexity index is 508. The molecule has 2 rings (SSSR count). The van der Waals surface area contributed by atoms with Crippen LogP contribution in [0.4, 0.5) is 4.79 Å². The summed E-state index contributed by atoms with van der Waals surface area (Å²) in [6.45, 7) is 6.08. The third-order valence-corrected chi connectivity index (χ3v) is 4.30. The second kappa shape index (κ2) is 7.13. The SMILES string of the molecule is CC(C)(C)OC(=O)N[C@@H]1CC[C@H](C(=O)NCc2ccsc2)C1. The third kappa shape index (κ3) is 5.33. The van der Waals surface area contributed by atoms with Gasteiger partial charge in [0.05, 0.1) is 0 Å². The molecule has 6 heteroatoms. The highest BCUT2D eigenvalue weighted by molar-refractivity contribution is 7.07. The number of hydrogen-bond donors (Lipinski definition) is 2. The Balaban J connectivity index is 1.72. The molecule has 1 heterocycles. The predicted octanol–water partition coefficient (Wildman–Crippen LogP) is 3.06. The highest BCUT2D eigenvalue weighted by Crippen LogP contribution is 2.26. The van der Waals surface area contributed by atoms with Crippen LogP contribution in [0.15, 0.2) is 16.8 Å². The van der Waals surface area contributed by atoms with E-state index < -0.39 is 11.7 Å². The smallest absolute Gasteiger partial charge is 0.407 e. The second-order valence-electron chi connectivity index (χ2n) is 6.70. The van der Waals surface area contributed by atoms with Crippen molar-refractivity contribution in [1.82, 2.24) is 10.6 Å². The number of alkyl carbamates (subject to hydrolysis) is 1. The maximum absolute atomic E-state index is 12.1. The molecule has 0 saturated heterocycles. The van der Waals surface area contributed by atoms with Gasteiger partial charge in [0.15, 0.2) is 0 Å². The molecule has 5 nitrogen and oxygen atoms in total. The average molecular weight is 324 g/mol. The molecule has 122 valence electrons. The van der Waals surface area contributed by atoms with Gasteiger partial charge in [-0.05, 0) is 62.4 Å². The lowest BCUT2D eigenvalue weighted by Crippen LogP contribution is -2.38. The van der Waals surface area contributed by atoms with Crippen LogP contribution >= 0.6 is 11.3 Å². The van der Waals surface area contributed by atoms with E-state index in [1.54, 1.807) is 11.3 Å². The maximum Gasteiger partial charge on any atom is 0.407 e. The van der Waals surface area contributed by atoms with Crippen molar-refractivity contribution in [3.63, 3.8) is 0 Å². The Morgan fingerprint density at radius 3 is 2.77 bits per heavy atom. The third-order valence-electron chi connectivity index (χ3n) is 3.57. The molecule has 1 aliphatic carbocycles. The largest absolute Gasteiger partial charge is 0.444 e. The molecule has 2 atom stereocenters. The fourth-order valence-corrected chi connectivity index (χ4v) is 3.22. The zero-order valence-corrected chi connectivity index (χ0v) is 14.2. The van der Waals surface area contributed by atoms with Crippen LogP contribution in [0.25, 0.3) is 0 Å². The average Bonchev–Trinajstić information content (AvgIpc) is 3.04. The summed E-state index contributed by atoms with van der Waals surface area (Å²) < 4.78 is 5.24. The Hall–Kier alpha value is -1.56. The zero-order chi connectivity index (χ0) is 16.2. The molecule has 2 amide bonds. The first-order valence-electron chi connectivity index (χ1n) is 7.62. The summed E-state index contributed by atoms with van der Waals surface area (Å²) in [5, 5.41) is 9.84. The monoisotopic (exact) mass is 324 g/mol. The van der Waals surface area contributed by atoms with Crippen molar-refractivity contribution in [2.75, 3.05) is 0 Å².